The van der Waals surface area contributed by atoms with Gasteiger partial charge in [0.1, 0.15) is 11.2 Å². The van der Waals surface area contributed by atoms with E-state index in [-0.39, 0.29) is 0 Å². The van der Waals surface area contributed by atoms with Crippen LogP contribution in [0.5, 0.6) is 0 Å². The summed E-state index contributed by atoms with van der Waals surface area (Å²) in [4.78, 5) is 0. The van der Waals surface area contributed by atoms with Crippen molar-refractivity contribution >= 4 is 65.6 Å². The Labute approximate surface area is 245 Å². The Morgan fingerprint density at radius 1 is 0.442 bits per heavy atom. The van der Waals surface area contributed by atoms with E-state index in [1.54, 1.807) is 6.07 Å². The van der Waals surface area contributed by atoms with E-state index in [0.29, 0.717) is 11.1 Å². The summed E-state index contributed by atoms with van der Waals surface area (Å²) in [5.41, 5.74) is 9.20. The molecule has 0 saturated carbocycles. The van der Waals surface area contributed by atoms with Gasteiger partial charge in [0, 0.05) is 43.7 Å². The minimum atomic E-state index is 0.608. The number of benzene rings is 6. The lowest BCUT2D eigenvalue weighted by Gasteiger charge is -2.12. The predicted molar refractivity (Wildman–Crippen MR) is 172 cm³/mol. The first-order valence-electron chi connectivity index (χ1n) is 14.1. The second-order valence-electron chi connectivity index (χ2n) is 10.8. The zero-order valence-electron chi connectivity index (χ0n) is 22.7. The average Bonchev–Trinajstić information content (AvgIpc) is 3.71. The molecule has 0 amide bonds. The molecule has 0 spiro atoms. The Morgan fingerprint density at radius 3 is 1.79 bits per heavy atom. The molecule has 43 heavy (non-hydrogen) atoms. The summed E-state index contributed by atoms with van der Waals surface area (Å²) >= 11 is 0. The first-order chi connectivity index (χ1) is 21.2. The summed E-state index contributed by atoms with van der Waals surface area (Å²) in [5.74, 6) is 0. The van der Waals surface area contributed by atoms with Crippen molar-refractivity contribution in [2.45, 2.75) is 0 Å². The maximum absolute atomic E-state index is 9.61. The van der Waals surface area contributed by atoms with Crippen LogP contribution in [0.2, 0.25) is 0 Å². The molecule has 0 saturated heterocycles. The number of hydrogen-bond donors (Lipinski definition) is 0. The summed E-state index contributed by atoms with van der Waals surface area (Å²) in [6.45, 7) is 0. The summed E-state index contributed by atoms with van der Waals surface area (Å²) in [6.07, 6.45) is 0. The third kappa shape index (κ3) is 3.19. The first-order valence-corrected chi connectivity index (χ1v) is 14.1. The molecule has 5 nitrogen and oxygen atoms in total. The highest BCUT2D eigenvalue weighted by Crippen LogP contribution is 2.42. The fourth-order valence-electron chi connectivity index (χ4n) is 6.77. The number of furan rings is 1. The third-order valence-electron chi connectivity index (χ3n) is 8.55. The summed E-state index contributed by atoms with van der Waals surface area (Å²) in [7, 11) is 0. The Bertz CT molecular complexity index is 2710. The van der Waals surface area contributed by atoms with Crippen LogP contribution < -0.4 is 0 Å². The van der Waals surface area contributed by atoms with Crippen LogP contribution >= 0.6 is 0 Å². The van der Waals surface area contributed by atoms with Crippen LogP contribution in [0.1, 0.15) is 11.1 Å². The molecule has 0 atom stereocenters. The first kappa shape index (κ1) is 23.4. The molecule has 0 bridgehead atoms. The van der Waals surface area contributed by atoms with E-state index in [1.165, 1.54) is 0 Å². The molecule has 3 heterocycles. The molecule has 5 heteroatoms. The molecular formula is C38H20N4O. The second kappa shape index (κ2) is 8.60. The molecule has 0 fully saturated rings. The number of aromatic nitrogens is 2. The van der Waals surface area contributed by atoms with Crippen molar-refractivity contribution in [3.63, 3.8) is 0 Å². The monoisotopic (exact) mass is 548 g/mol. The number of nitriles is 2. The van der Waals surface area contributed by atoms with Crippen LogP contribution in [0.3, 0.4) is 0 Å². The van der Waals surface area contributed by atoms with Crippen molar-refractivity contribution in [1.29, 1.82) is 10.5 Å². The van der Waals surface area contributed by atoms with E-state index in [1.807, 2.05) is 42.5 Å². The highest BCUT2D eigenvalue weighted by atomic mass is 16.3. The molecule has 0 aliphatic rings. The minimum Gasteiger partial charge on any atom is -0.456 e. The van der Waals surface area contributed by atoms with Crippen molar-refractivity contribution in [3.8, 4) is 23.5 Å². The van der Waals surface area contributed by atoms with E-state index in [4.69, 9.17) is 4.42 Å². The van der Waals surface area contributed by atoms with E-state index in [0.717, 1.165) is 76.9 Å². The Hall–Kier alpha value is -6.30. The maximum atomic E-state index is 9.61. The Kier molecular flexibility index (Phi) is 4.68. The van der Waals surface area contributed by atoms with Crippen molar-refractivity contribution in [2.24, 2.45) is 0 Å². The summed E-state index contributed by atoms with van der Waals surface area (Å²) < 4.78 is 10.8. The number of nitrogens with zero attached hydrogens (tertiary/aromatic N) is 4. The minimum absolute atomic E-state index is 0.608. The fraction of sp³-hybridized carbons (Fsp3) is 0. The highest BCUT2D eigenvalue weighted by molar-refractivity contribution is 6.27. The van der Waals surface area contributed by atoms with Gasteiger partial charge in [-0.25, -0.2) is 0 Å². The van der Waals surface area contributed by atoms with Gasteiger partial charge in [-0.3, -0.25) is 0 Å². The van der Waals surface area contributed by atoms with Crippen LogP contribution in [0.15, 0.2) is 126 Å². The second-order valence-corrected chi connectivity index (χ2v) is 10.8. The molecular weight excluding hydrogens is 528 g/mol. The van der Waals surface area contributed by atoms with Gasteiger partial charge < -0.3 is 13.6 Å². The molecule has 0 radical (unpaired) electrons. The lowest BCUT2D eigenvalue weighted by molar-refractivity contribution is 0.669. The molecule has 198 valence electrons. The summed E-state index contributed by atoms with van der Waals surface area (Å²) in [5, 5.41) is 25.5. The average molecular weight is 549 g/mol. The largest absolute Gasteiger partial charge is 0.456 e. The molecule has 9 rings (SSSR count). The van der Waals surface area contributed by atoms with E-state index in [9.17, 15) is 10.5 Å². The van der Waals surface area contributed by atoms with Gasteiger partial charge >= 0.3 is 0 Å². The quantitative estimate of drug-likeness (QED) is 0.216. The van der Waals surface area contributed by atoms with Crippen LogP contribution in [0.4, 0.5) is 0 Å². The van der Waals surface area contributed by atoms with Crippen molar-refractivity contribution in [2.75, 3.05) is 0 Å². The zero-order valence-corrected chi connectivity index (χ0v) is 22.7. The van der Waals surface area contributed by atoms with E-state index < -0.39 is 0 Å². The topological polar surface area (TPSA) is 70.6 Å². The van der Waals surface area contributed by atoms with Gasteiger partial charge in [0.25, 0.3) is 0 Å². The van der Waals surface area contributed by atoms with Gasteiger partial charge in [-0.05, 0) is 78.9 Å². The smallest absolute Gasteiger partial charge is 0.136 e. The molecule has 0 N–H and O–H groups in total. The Balaban J connectivity index is 1.36. The number of para-hydroxylation sites is 2. The molecule has 6 aromatic carbocycles. The maximum Gasteiger partial charge on any atom is 0.136 e. The molecule has 0 aliphatic carbocycles. The van der Waals surface area contributed by atoms with Crippen LogP contribution in [-0.2, 0) is 0 Å². The standard InChI is InChI=1S/C38H20N4O/c39-21-23-12-14-33-29(18-23)27-8-1-3-10-31(27)41(33)25-6-5-7-26(20-25)42-32-11-4-2-9-28(32)37-34(42)15-17-36-38(37)30-19-24(22-40)13-16-35(30)43-36/h1-20H. The molecule has 3 aromatic heterocycles. The summed E-state index contributed by atoms with van der Waals surface area (Å²) in [6, 6.07) is 45.6. The van der Waals surface area contributed by atoms with Crippen LogP contribution in [0.25, 0.3) is 76.9 Å². The highest BCUT2D eigenvalue weighted by Gasteiger charge is 2.20. The van der Waals surface area contributed by atoms with E-state index >= 15 is 0 Å². The number of fused-ring (bicyclic) bond motifs is 10. The van der Waals surface area contributed by atoms with Gasteiger partial charge in [-0.15, -0.1) is 0 Å². The molecule has 0 aliphatic heterocycles. The third-order valence-corrected chi connectivity index (χ3v) is 8.55. The van der Waals surface area contributed by atoms with Crippen LogP contribution in [-0.4, -0.2) is 9.13 Å². The number of rotatable bonds is 2. The SMILES string of the molecule is N#Cc1ccc2oc3ccc4c(c5ccccc5n4-c4cccc(-n5c6ccccc6c6cc(C#N)ccc65)c4)c3c2c1. The normalized spacial score (nSPS) is 11.7. The predicted octanol–water partition coefficient (Wildman–Crippen LogP) is 9.52. The van der Waals surface area contributed by atoms with Crippen molar-refractivity contribution in [3.05, 3.63) is 132 Å². The van der Waals surface area contributed by atoms with Gasteiger partial charge in [0.05, 0.1) is 45.3 Å². The van der Waals surface area contributed by atoms with Crippen LogP contribution in [0, 0.1) is 22.7 Å². The van der Waals surface area contributed by atoms with Gasteiger partial charge in [-0.2, -0.15) is 10.5 Å². The number of hydrogen-bond acceptors (Lipinski definition) is 3. The van der Waals surface area contributed by atoms with Gasteiger partial charge in [-0.1, -0.05) is 42.5 Å². The molecule has 0 unspecified atom stereocenters. The zero-order chi connectivity index (χ0) is 28.7. The molecule has 9 aromatic rings. The fourth-order valence-corrected chi connectivity index (χ4v) is 6.77. The lowest BCUT2D eigenvalue weighted by atomic mass is 10.0. The van der Waals surface area contributed by atoms with Gasteiger partial charge in [0.15, 0.2) is 0 Å². The van der Waals surface area contributed by atoms with Crippen molar-refractivity contribution in [1.82, 2.24) is 9.13 Å². The lowest BCUT2D eigenvalue weighted by Crippen LogP contribution is -1.98. The van der Waals surface area contributed by atoms with Gasteiger partial charge in [0.2, 0.25) is 0 Å². The van der Waals surface area contributed by atoms with Crippen molar-refractivity contribution < 1.29 is 4.42 Å². The van der Waals surface area contributed by atoms with E-state index in [2.05, 4.69) is 94.1 Å². The Morgan fingerprint density at radius 2 is 1.02 bits per heavy atom.